The summed E-state index contributed by atoms with van der Waals surface area (Å²) in [5.74, 6) is 1.71. The van der Waals surface area contributed by atoms with Crippen molar-refractivity contribution in [3.8, 4) is 23.3 Å². The monoisotopic (exact) mass is 747 g/mol. The second-order valence-electron chi connectivity index (χ2n) is 15.8. The van der Waals surface area contributed by atoms with E-state index in [1.807, 2.05) is 18.0 Å². The Labute approximate surface area is 310 Å². The highest BCUT2D eigenvalue weighted by molar-refractivity contribution is 7.99. The van der Waals surface area contributed by atoms with Crippen LogP contribution in [0.4, 0.5) is 24.0 Å². The summed E-state index contributed by atoms with van der Waals surface area (Å²) in [4.78, 5) is 18.1. The maximum absolute atomic E-state index is 16.9. The zero-order chi connectivity index (χ0) is 36.4. The molecule has 0 spiro atoms. The Kier molecular flexibility index (Phi) is 9.31. The van der Waals surface area contributed by atoms with Crippen LogP contribution >= 0.6 is 23.1 Å². The number of thioether (sulfide) groups is 1. The number of allylic oxidation sites excluding steroid dienone is 2. The number of likely N-dealkylation sites (N-methyl/N-ethyl adjacent to an activating group) is 2. The largest absolute Gasteiger partial charge is 0.463 e. The molecule has 4 heterocycles. The molecule has 274 valence electrons. The van der Waals surface area contributed by atoms with Crippen LogP contribution in [0.15, 0.2) is 23.9 Å². The van der Waals surface area contributed by atoms with Gasteiger partial charge >= 0.3 is 6.01 Å². The maximum atomic E-state index is 16.9. The molecule has 0 radical (unpaired) electrons. The molecule has 3 saturated carbocycles. The predicted molar refractivity (Wildman–Crippen MR) is 203 cm³/mol. The van der Waals surface area contributed by atoms with Gasteiger partial charge in [0.1, 0.15) is 39.7 Å². The SMILES string of the molecule is CN(CC1(N(C)C)CCC1)c1nc(OCC2(CC=C3CC4CCC(CSC4)C3)CC2)nc2c(F)c(-c3c(F)cc(F)c4sc(N)c(C#N)c34)ncc12. The van der Waals surface area contributed by atoms with Crippen LogP contribution in [-0.2, 0) is 0 Å². The van der Waals surface area contributed by atoms with Gasteiger partial charge in [-0.1, -0.05) is 11.6 Å². The average Bonchev–Trinajstić information content (AvgIpc) is 3.86. The molecule has 1 aliphatic heterocycles. The lowest BCUT2D eigenvalue weighted by Gasteiger charge is -2.49. The fourth-order valence-corrected chi connectivity index (χ4v) is 10.8. The molecule has 4 aliphatic rings. The first-order valence-corrected chi connectivity index (χ1v) is 20.2. The molecule has 8 nitrogen and oxygen atoms in total. The van der Waals surface area contributed by atoms with E-state index in [1.54, 1.807) is 5.57 Å². The number of hydrogen-bond donors (Lipinski definition) is 1. The third kappa shape index (κ3) is 6.38. The summed E-state index contributed by atoms with van der Waals surface area (Å²) >= 11 is 2.94. The number of nitrogens with two attached hydrogens (primary N) is 1. The minimum Gasteiger partial charge on any atom is -0.463 e. The summed E-state index contributed by atoms with van der Waals surface area (Å²) < 4.78 is 53.8. The minimum absolute atomic E-state index is 0.00811. The van der Waals surface area contributed by atoms with Gasteiger partial charge in [0.25, 0.3) is 0 Å². The summed E-state index contributed by atoms with van der Waals surface area (Å²) in [6.07, 6.45) is 15.2. The molecule has 3 aromatic heterocycles. The number of pyridine rings is 1. The molecule has 2 N–H and O–H groups in total. The second kappa shape index (κ2) is 13.7. The van der Waals surface area contributed by atoms with Crippen molar-refractivity contribution >= 4 is 54.9 Å². The first kappa shape index (κ1) is 35.4. The van der Waals surface area contributed by atoms with Crippen molar-refractivity contribution in [2.75, 3.05) is 56.4 Å². The van der Waals surface area contributed by atoms with E-state index in [1.165, 1.54) is 43.4 Å². The maximum Gasteiger partial charge on any atom is 0.319 e. The van der Waals surface area contributed by atoms with Crippen LogP contribution in [0.2, 0.25) is 0 Å². The van der Waals surface area contributed by atoms with Crippen molar-refractivity contribution in [3.05, 3.63) is 46.9 Å². The molecule has 1 aromatic carbocycles. The Balaban J connectivity index is 1.16. The minimum atomic E-state index is -1.05. The standard InChI is InChI=1S/C39H44F3N7OS2/c1-48(2)39(8-4-9-39)20-49(3)36-26-17-45-33(30-27(40)15-28(41)34-29(30)25(16-43)35(44)52-34)31(42)32(26)46-37(47-36)50-21-38(11-12-38)10-7-22-13-23-5-6-24(14-22)19-51-18-23/h7,15,17,23-24H,4-6,8-14,18-21,44H2,1-3H3. The summed E-state index contributed by atoms with van der Waals surface area (Å²) in [6, 6.07) is 2.66. The highest BCUT2D eigenvalue weighted by atomic mass is 32.2. The lowest BCUT2D eigenvalue weighted by atomic mass is 9.75. The Morgan fingerprint density at radius 2 is 1.79 bits per heavy atom. The summed E-state index contributed by atoms with van der Waals surface area (Å²) in [5, 5.41) is 10.1. The van der Waals surface area contributed by atoms with Gasteiger partial charge in [-0.25, -0.2) is 13.2 Å². The van der Waals surface area contributed by atoms with E-state index in [-0.39, 0.29) is 54.4 Å². The third-order valence-electron chi connectivity index (χ3n) is 12.1. The van der Waals surface area contributed by atoms with Crippen LogP contribution in [-0.4, -0.2) is 71.2 Å². The molecule has 1 saturated heterocycles. The van der Waals surface area contributed by atoms with Gasteiger partial charge in [0.2, 0.25) is 0 Å². The number of thiophene rings is 1. The van der Waals surface area contributed by atoms with Gasteiger partial charge in [-0.15, -0.1) is 11.3 Å². The van der Waals surface area contributed by atoms with Gasteiger partial charge in [-0.2, -0.15) is 27.0 Å². The van der Waals surface area contributed by atoms with Crippen molar-refractivity contribution < 1.29 is 17.9 Å². The number of rotatable bonds is 10. The van der Waals surface area contributed by atoms with Gasteiger partial charge in [-0.05, 0) is 102 Å². The Hall–Kier alpha value is -3.60. The number of anilines is 2. The van der Waals surface area contributed by atoms with Crippen LogP contribution in [0.25, 0.3) is 32.2 Å². The number of hydrogen-bond acceptors (Lipinski definition) is 10. The van der Waals surface area contributed by atoms with Crippen molar-refractivity contribution in [1.29, 1.82) is 5.26 Å². The lowest BCUT2D eigenvalue weighted by molar-refractivity contribution is 0.0682. The van der Waals surface area contributed by atoms with E-state index in [9.17, 15) is 9.65 Å². The number of aromatic nitrogens is 3. The van der Waals surface area contributed by atoms with Crippen LogP contribution in [0.5, 0.6) is 6.01 Å². The fraction of sp³-hybridized carbons (Fsp3) is 0.538. The topological polar surface area (TPSA) is 104 Å². The van der Waals surface area contributed by atoms with E-state index < -0.39 is 17.5 Å². The van der Waals surface area contributed by atoms with Gasteiger partial charge in [-0.3, -0.25) is 4.98 Å². The van der Waals surface area contributed by atoms with Crippen LogP contribution < -0.4 is 15.4 Å². The normalized spacial score (nSPS) is 21.8. The number of fused-ring (bicyclic) bond motifs is 5. The quantitative estimate of drug-likeness (QED) is 0.160. The fourth-order valence-electron chi connectivity index (χ4n) is 8.48. The molecule has 2 unspecified atom stereocenters. The van der Waals surface area contributed by atoms with E-state index in [2.05, 4.69) is 46.8 Å². The van der Waals surface area contributed by atoms with Crippen LogP contribution in [0, 0.1) is 46.0 Å². The van der Waals surface area contributed by atoms with Crippen molar-refractivity contribution in [2.45, 2.75) is 69.7 Å². The predicted octanol–water partition coefficient (Wildman–Crippen LogP) is 8.73. The molecular formula is C39H44F3N7OS2. The highest BCUT2D eigenvalue weighted by Crippen LogP contribution is 2.51. The summed E-state index contributed by atoms with van der Waals surface area (Å²) in [6.45, 7) is 1.04. The van der Waals surface area contributed by atoms with Crippen molar-refractivity contribution in [1.82, 2.24) is 19.9 Å². The van der Waals surface area contributed by atoms with Gasteiger partial charge in [0.15, 0.2) is 5.82 Å². The van der Waals surface area contributed by atoms with E-state index in [4.69, 9.17) is 15.5 Å². The van der Waals surface area contributed by atoms with Crippen LogP contribution in [0.1, 0.15) is 69.8 Å². The Bertz CT molecular complexity index is 2100. The van der Waals surface area contributed by atoms with E-state index in [0.29, 0.717) is 30.4 Å². The second-order valence-corrected chi connectivity index (χ2v) is 18.0. The number of halogens is 3. The summed E-state index contributed by atoms with van der Waals surface area (Å²) in [5.41, 5.74) is 6.63. The molecule has 4 aromatic rings. The van der Waals surface area contributed by atoms with E-state index in [0.717, 1.165) is 61.7 Å². The molecule has 2 bridgehead atoms. The zero-order valence-electron chi connectivity index (χ0n) is 29.9. The molecule has 4 fully saturated rings. The molecule has 3 aliphatic carbocycles. The van der Waals surface area contributed by atoms with Gasteiger partial charge in [0.05, 0.1) is 22.3 Å². The van der Waals surface area contributed by atoms with Crippen molar-refractivity contribution in [3.63, 3.8) is 0 Å². The number of benzene rings is 1. The van der Waals surface area contributed by atoms with Gasteiger partial charge in [0, 0.05) is 47.8 Å². The number of nitriles is 1. The third-order valence-corrected chi connectivity index (χ3v) is 14.5. The molecular weight excluding hydrogens is 704 g/mol. The first-order chi connectivity index (χ1) is 25.0. The average molecular weight is 748 g/mol. The Morgan fingerprint density at radius 1 is 1.06 bits per heavy atom. The van der Waals surface area contributed by atoms with Crippen molar-refractivity contribution in [2.24, 2.45) is 17.3 Å². The van der Waals surface area contributed by atoms with Gasteiger partial charge < -0.3 is 20.3 Å². The first-order valence-electron chi connectivity index (χ1n) is 18.2. The molecule has 2 atom stereocenters. The van der Waals surface area contributed by atoms with E-state index >= 15 is 8.78 Å². The lowest BCUT2D eigenvalue weighted by Crippen LogP contribution is -2.56. The molecule has 13 heteroatoms. The smallest absolute Gasteiger partial charge is 0.319 e. The number of nitrogen functional groups attached to an aromatic ring is 1. The Morgan fingerprint density at radius 3 is 2.42 bits per heavy atom. The number of ether oxygens (including phenoxy) is 1. The number of nitrogens with zero attached hydrogens (tertiary/aromatic N) is 6. The zero-order valence-corrected chi connectivity index (χ0v) is 31.5. The molecule has 8 rings (SSSR count). The highest BCUT2D eigenvalue weighted by Gasteiger charge is 2.44. The molecule has 52 heavy (non-hydrogen) atoms. The van der Waals surface area contributed by atoms with Crippen LogP contribution in [0.3, 0.4) is 0 Å². The summed E-state index contributed by atoms with van der Waals surface area (Å²) in [7, 11) is 6.07. The molecule has 0 amide bonds.